The SMILES string of the molecule is CC1(C)CC2=C(C1)[C@@]1(C)C(O)CC[C@H]1C2. The van der Waals surface area contributed by atoms with Gasteiger partial charge < -0.3 is 5.11 Å². The zero-order valence-corrected chi connectivity index (χ0v) is 10.1. The van der Waals surface area contributed by atoms with Gasteiger partial charge in [-0.1, -0.05) is 31.9 Å². The molecule has 3 aliphatic rings. The first-order valence-corrected chi connectivity index (χ1v) is 6.33. The van der Waals surface area contributed by atoms with E-state index in [1.54, 1.807) is 11.1 Å². The van der Waals surface area contributed by atoms with E-state index in [0.717, 1.165) is 12.3 Å². The van der Waals surface area contributed by atoms with E-state index in [2.05, 4.69) is 20.8 Å². The fraction of sp³-hybridized carbons (Fsp3) is 0.857. The summed E-state index contributed by atoms with van der Waals surface area (Å²) in [4.78, 5) is 0. The Kier molecular flexibility index (Phi) is 1.77. The van der Waals surface area contributed by atoms with Gasteiger partial charge in [-0.15, -0.1) is 0 Å². The summed E-state index contributed by atoms with van der Waals surface area (Å²) in [6, 6.07) is 0. The molecule has 1 nitrogen and oxygen atoms in total. The van der Waals surface area contributed by atoms with Crippen LogP contribution in [0.15, 0.2) is 11.1 Å². The summed E-state index contributed by atoms with van der Waals surface area (Å²) in [7, 11) is 0. The van der Waals surface area contributed by atoms with E-state index >= 15 is 0 Å². The van der Waals surface area contributed by atoms with Crippen LogP contribution in [0.25, 0.3) is 0 Å². The Hall–Kier alpha value is -0.300. The quantitative estimate of drug-likeness (QED) is 0.603. The van der Waals surface area contributed by atoms with E-state index in [-0.39, 0.29) is 11.5 Å². The van der Waals surface area contributed by atoms with Gasteiger partial charge in [0.1, 0.15) is 0 Å². The molecule has 0 saturated heterocycles. The Morgan fingerprint density at radius 3 is 2.60 bits per heavy atom. The minimum atomic E-state index is -0.0658. The summed E-state index contributed by atoms with van der Waals surface area (Å²) in [5, 5.41) is 10.2. The van der Waals surface area contributed by atoms with Crippen LogP contribution < -0.4 is 0 Å². The van der Waals surface area contributed by atoms with Gasteiger partial charge in [0.2, 0.25) is 0 Å². The zero-order chi connectivity index (χ0) is 10.8. The van der Waals surface area contributed by atoms with Crippen molar-refractivity contribution in [1.82, 2.24) is 0 Å². The largest absolute Gasteiger partial charge is 0.392 e. The van der Waals surface area contributed by atoms with Gasteiger partial charge in [0.05, 0.1) is 6.10 Å². The minimum absolute atomic E-state index is 0.0658. The highest BCUT2D eigenvalue weighted by Crippen LogP contribution is 2.63. The Morgan fingerprint density at radius 2 is 1.87 bits per heavy atom. The lowest BCUT2D eigenvalue weighted by Gasteiger charge is -2.34. The molecule has 1 heteroatoms. The molecule has 1 N–H and O–H groups in total. The summed E-state index contributed by atoms with van der Waals surface area (Å²) in [5.41, 5.74) is 3.96. The predicted octanol–water partition coefficient (Wildman–Crippen LogP) is 3.28. The highest BCUT2D eigenvalue weighted by molar-refractivity contribution is 5.38. The second-order valence-electron chi connectivity index (χ2n) is 6.88. The predicted molar refractivity (Wildman–Crippen MR) is 61.5 cm³/mol. The highest BCUT2D eigenvalue weighted by atomic mass is 16.3. The number of allylic oxidation sites excluding steroid dienone is 1. The summed E-state index contributed by atoms with van der Waals surface area (Å²) < 4.78 is 0. The first-order chi connectivity index (χ1) is 6.93. The van der Waals surface area contributed by atoms with Crippen molar-refractivity contribution in [3.63, 3.8) is 0 Å². The molecule has 0 aromatic heterocycles. The third-order valence-electron chi connectivity index (χ3n) is 5.25. The summed E-state index contributed by atoms with van der Waals surface area (Å²) >= 11 is 0. The molecule has 0 radical (unpaired) electrons. The van der Waals surface area contributed by atoms with E-state index in [0.29, 0.717) is 5.41 Å². The first kappa shape index (κ1) is 9.89. The molecule has 3 rings (SSSR count). The van der Waals surface area contributed by atoms with Crippen molar-refractivity contribution in [2.24, 2.45) is 16.7 Å². The smallest absolute Gasteiger partial charge is 0.0633 e. The van der Waals surface area contributed by atoms with E-state index < -0.39 is 0 Å². The summed E-state index contributed by atoms with van der Waals surface area (Å²) in [5.74, 6) is 0.758. The molecule has 1 saturated carbocycles. The molecule has 84 valence electrons. The van der Waals surface area contributed by atoms with Gasteiger partial charge >= 0.3 is 0 Å². The van der Waals surface area contributed by atoms with Gasteiger partial charge in [0.25, 0.3) is 0 Å². The second-order valence-corrected chi connectivity index (χ2v) is 6.88. The van der Waals surface area contributed by atoms with Crippen molar-refractivity contribution in [1.29, 1.82) is 0 Å². The molecule has 1 fully saturated rings. The molecule has 0 spiro atoms. The number of aliphatic hydroxyl groups excluding tert-OH is 1. The van der Waals surface area contributed by atoms with Crippen molar-refractivity contribution in [2.75, 3.05) is 0 Å². The second kappa shape index (κ2) is 2.68. The first-order valence-electron chi connectivity index (χ1n) is 6.33. The van der Waals surface area contributed by atoms with Crippen LogP contribution in [0.5, 0.6) is 0 Å². The number of aliphatic hydroxyl groups is 1. The van der Waals surface area contributed by atoms with Gasteiger partial charge in [0.15, 0.2) is 0 Å². The van der Waals surface area contributed by atoms with Crippen molar-refractivity contribution in [3.8, 4) is 0 Å². The third kappa shape index (κ3) is 1.13. The standard InChI is InChI=1S/C14H22O/c1-13(2)7-9-6-10-4-5-12(15)14(10,3)11(9)8-13/h10,12,15H,4-8H2,1-3H3/t10-,12?,14-/m0/s1. The molecule has 0 amide bonds. The maximum atomic E-state index is 10.2. The number of fused-ring (bicyclic) bond motifs is 2. The van der Waals surface area contributed by atoms with Crippen molar-refractivity contribution in [3.05, 3.63) is 11.1 Å². The maximum absolute atomic E-state index is 10.2. The molecule has 0 aromatic carbocycles. The Labute approximate surface area is 92.6 Å². The lowest BCUT2D eigenvalue weighted by Crippen LogP contribution is -2.32. The van der Waals surface area contributed by atoms with Gasteiger partial charge in [-0.25, -0.2) is 0 Å². The molecule has 0 aliphatic heterocycles. The number of hydrogen-bond donors (Lipinski definition) is 1. The van der Waals surface area contributed by atoms with Crippen LogP contribution in [0, 0.1) is 16.7 Å². The molecule has 3 aliphatic carbocycles. The normalized spacial score (nSPS) is 47.2. The van der Waals surface area contributed by atoms with E-state index in [1.807, 2.05) is 0 Å². The van der Waals surface area contributed by atoms with Gasteiger partial charge in [-0.2, -0.15) is 0 Å². The molecular formula is C14H22O. The van der Waals surface area contributed by atoms with Crippen LogP contribution in [0.4, 0.5) is 0 Å². The number of rotatable bonds is 0. The van der Waals surface area contributed by atoms with Crippen LogP contribution in [-0.2, 0) is 0 Å². The van der Waals surface area contributed by atoms with Crippen molar-refractivity contribution < 1.29 is 5.11 Å². The lowest BCUT2D eigenvalue weighted by molar-refractivity contribution is 0.0699. The number of hydrogen-bond acceptors (Lipinski definition) is 1. The van der Waals surface area contributed by atoms with Crippen molar-refractivity contribution >= 4 is 0 Å². The van der Waals surface area contributed by atoms with Crippen LogP contribution in [0.2, 0.25) is 0 Å². The van der Waals surface area contributed by atoms with Gasteiger partial charge in [-0.05, 0) is 43.4 Å². The molecular weight excluding hydrogens is 184 g/mol. The molecule has 15 heavy (non-hydrogen) atoms. The van der Waals surface area contributed by atoms with Crippen molar-refractivity contribution in [2.45, 2.75) is 59.0 Å². The van der Waals surface area contributed by atoms with E-state index in [4.69, 9.17) is 0 Å². The summed E-state index contributed by atoms with van der Waals surface area (Å²) in [6.07, 6.45) is 5.99. The van der Waals surface area contributed by atoms with Crippen LogP contribution in [0.3, 0.4) is 0 Å². The average Bonchev–Trinajstić information content (AvgIpc) is 2.65. The van der Waals surface area contributed by atoms with Gasteiger partial charge in [0, 0.05) is 5.41 Å². The van der Waals surface area contributed by atoms with Crippen LogP contribution in [-0.4, -0.2) is 11.2 Å². The molecule has 0 aromatic rings. The fourth-order valence-electron chi connectivity index (χ4n) is 4.41. The molecule has 0 bridgehead atoms. The van der Waals surface area contributed by atoms with Crippen LogP contribution in [0.1, 0.15) is 52.9 Å². The monoisotopic (exact) mass is 206 g/mol. The Balaban J connectivity index is 1.99. The zero-order valence-electron chi connectivity index (χ0n) is 10.1. The van der Waals surface area contributed by atoms with E-state index in [9.17, 15) is 5.11 Å². The molecule has 0 heterocycles. The minimum Gasteiger partial charge on any atom is -0.392 e. The average molecular weight is 206 g/mol. The highest BCUT2D eigenvalue weighted by Gasteiger charge is 2.55. The maximum Gasteiger partial charge on any atom is 0.0633 e. The third-order valence-corrected chi connectivity index (χ3v) is 5.25. The Bertz CT molecular complexity index is 339. The van der Waals surface area contributed by atoms with Gasteiger partial charge in [-0.3, -0.25) is 0 Å². The van der Waals surface area contributed by atoms with Crippen LogP contribution >= 0.6 is 0 Å². The topological polar surface area (TPSA) is 20.2 Å². The lowest BCUT2D eigenvalue weighted by atomic mass is 9.72. The molecule has 3 atom stereocenters. The molecule has 1 unspecified atom stereocenters. The van der Waals surface area contributed by atoms with E-state index in [1.165, 1.54) is 25.7 Å². The Morgan fingerprint density at radius 1 is 1.13 bits per heavy atom. The summed E-state index contributed by atoms with van der Waals surface area (Å²) in [6.45, 7) is 7.05. The fourth-order valence-corrected chi connectivity index (χ4v) is 4.41.